The average Bonchev–Trinajstić information content (AvgIpc) is 3.08. The van der Waals surface area contributed by atoms with E-state index >= 15 is 0 Å². The number of carbonyl (C=O) groups excluding carboxylic acids is 2. The van der Waals surface area contributed by atoms with Crippen LogP contribution >= 0.6 is 0 Å². The van der Waals surface area contributed by atoms with Crippen molar-refractivity contribution in [2.75, 3.05) is 7.11 Å². The number of nitro benzene ring substituents is 1. The summed E-state index contributed by atoms with van der Waals surface area (Å²) in [7, 11) is 1.42. The van der Waals surface area contributed by atoms with Crippen molar-refractivity contribution in [2.45, 2.75) is 12.8 Å². The lowest BCUT2D eigenvalue weighted by Gasteiger charge is -2.18. The molecule has 2 bridgehead atoms. The standard InChI is InChI=1S/C23H19N3O6/c1-31-18-10-12(26(29)30)2-4-14(18)17-7-3-13(32-17)11-24-25-21(27)19-15-5-6-16(20(19)22(25)28)23(15)8-9-23/h2-7,10-11,15-16,19-20H,8-9H2,1H3/b24-11-/t15-,16-,19-,20-/m1/s1. The SMILES string of the molecule is COc1cc([N+](=O)[O-])ccc1-c1ccc(/C=N\N2C(=O)[C@H]3[C@H](C2=O)[C@H]2C=C[C@H]3C23CC3)o1. The number of hydrogen-bond acceptors (Lipinski definition) is 7. The summed E-state index contributed by atoms with van der Waals surface area (Å²) in [6, 6.07) is 7.55. The van der Waals surface area contributed by atoms with Gasteiger partial charge in [0.15, 0.2) is 0 Å². The van der Waals surface area contributed by atoms with Crippen LogP contribution in [0.5, 0.6) is 5.75 Å². The van der Waals surface area contributed by atoms with Crippen molar-refractivity contribution < 1.29 is 23.7 Å². The Morgan fingerprint density at radius 1 is 1.16 bits per heavy atom. The summed E-state index contributed by atoms with van der Waals surface area (Å²) in [5, 5.41) is 16.1. The van der Waals surface area contributed by atoms with Gasteiger partial charge in [-0.25, -0.2) is 0 Å². The fourth-order valence-corrected chi connectivity index (χ4v) is 5.86. The van der Waals surface area contributed by atoms with E-state index in [4.69, 9.17) is 9.15 Å². The quantitative estimate of drug-likeness (QED) is 0.235. The second-order valence-electron chi connectivity index (χ2n) is 8.80. The Morgan fingerprint density at radius 3 is 2.44 bits per heavy atom. The molecule has 2 saturated carbocycles. The number of nitro groups is 1. The lowest BCUT2D eigenvalue weighted by molar-refractivity contribution is -0.384. The Morgan fingerprint density at radius 2 is 1.84 bits per heavy atom. The molecule has 1 saturated heterocycles. The van der Waals surface area contributed by atoms with E-state index in [0.717, 1.165) is 17.9 Å². The molecule has 9 heteroatoms. The van der Waals surface area contributed by atoms with Gasteiger partial charge in [-0.15, -0.1) is 0 Å². The molecule has 0 N–H and O–H groups in total. The van der Waals surface area contributed by atoms with Gasteiger partial charge in [0.25, 0.3) is 17.5 Å². The van der Waals surface area contributed by atoms with Gasteiger partial charge in [-0.3, -0.25) is 19.7 Å². The number of benzene rings is 1. The molecular weight excluding hydrogens is 414 g/mol. The topological polar surface area (TPSA) is 115 Å². The molecule has 162 valence electrons. The summed E-state index contributed by atoms with van der Waals surface area (Å²) in [4.78, 5) is 36.4. The maximum absolute atomic E-state index is 13.0. The highest BCUT2D eigenvalue weighted by Crippen LogP contribution is 2.73. The highest BCUT2D eigenvalue weighted by molar-refractivity contribution is 6.07. The van der Waals surface area contributed by atoms with Crippen molar-refractivity contribution in [3.8, 4) is 17.1 Å². The van der Waals surface area contributed by atoms with Crippen molar-refractivity contribution in [3.05, 3.63) is 58.4 Å². The minimum atomic E-state index is -0.501. The van der Waals surface area contributed by atoms with E-state index in [1.807, 2.05) is 0 Å². The van der Waals surface area contributed by atoms with Crippen LogP contribution in [-0.4, -0.2) is 35.1 Å². The summed E-state index contributed by atoms with van der Waals surface area (Å²) in [6.45, 7) is 0. The molecular formula is C23H19N3O6. The van der Waals surface area contributed by atoms with Crippen molar-refractivity contribution >= 4 is 23.7 Å². The predicted molar refractivity (Wildman–Crippen MR) is 112 cm³/mol. The van der Waals surface area contributed by atoms with Crippen LogP contribution in [0.3, 0.4) is 0 Å². The van der Waals surface area contributed by atoms with Crippen LogP contribution in [0.1, 0.15) is 18.6 Å². The maximum atomic E-state index is 13.0. The number of imide groups is 1. The molecule has 2 aromatic rings. The van der Waals surface area contributed by atoms with Gasteiger partial charge in [0.2, 0.25) is 0 Å². The zero-order valence-corrected chi connectivity index (χ0v) is 17.1. The number of carbonyl (C=O) groups is 2. The van der Waals surface area contributed by atoms with Crippen LogP contribution in [0.25, 0.3) is 11.3 Å². The first kappa shape index (κ1) is 19.0. The van der Waals surface area contributed by atoms with E-state index in [0.29, 0.717) is 22.8 Å². The van der Waals surface area contributed by atoms with Crippen LogP contribution in [0.4, 0.5) is 5.69 Å². The summed E-state index contributed by atoms with van der Waals surface area (Å²) < 4.78 is 11.0. The fourth-order valence-electron chi connectivity index (χ4n) is 5.86. The molecule has 0 unspecified atom stereocenters. The van der Waals surface area contributed by atoms with Crippen LogP contribution < -0.4 is 4.74 Å². The molecule has 1 spiro atoms. The Labute approximate surface area is 182 Å². The molecule has 9 nitrogen and oxygen atoms in total. The summed E-state index contributed by atoms with van der Waals surface area (Å²) in [5.74, 6) is 0.309. The van der Waals surface area contributed by atoms with Gasteiger partial charge in [0, 0.05) is 6.07 Å². The molecule has 32 heavy (non-hydrogen) atoms. The number of nitrogens with zero attached hydrogens (tertiary/aromatic N) is 3. The molecule has 2 heterocycles. The van der Waals surface area contributed by atoms with Gasteiger partial charge in [-0.1, -0.05) is 12.2 Å². The molecule has 3 fully saturated rings. The van der Waals surface area contributed by atoms with E-state index in [1.54, 1.807) is 18.2 Å². The first-order valence-corrected chi connectivity index (χ1v) is 10.5. The first-order valence-electron chi connectivity index (χ1n) is 10.5. The predicted octanol–water partition coefficient (Wildman–Crippen LogP) is 3.39. The molecule has 6 rings (SSSR count). The first-order chi connectivity index (χ1) is 15.4. The van der Waals surface area contributed by atoms with Crippen molar-refractivity contribution in [3.63, 3.8) is 0 Å². The van der Waals surface area contributed by atoms with E-state index in [1.165, 1.54) is 25.5 Å². The molecule has 3 aliphatic carbocycles. The number of amides is 2. The minimum Gasteiger partial charge on any atom is -0.496 e. The number of rotatable bonds is 5. The van der Waals surface area contributed by atoms with Gasteiger partial charge in [-0.05, 0) is 48.3 Å². The Hall–Kier alpha value is -3.75. The van der Waals surface area contributed by atoms with Crippen LogP contribution in [0, 0.1) is 39.2 Å². The van der Waals surface area contributed by atoms with Crippen molar-refractivity contribution in [1.29, 1.82) is 0 Å². The number of fused-ring (bicyclic) bond motifs is 3. The minimum absolute atomic E-state index is 0.0908. The lowest BCUT2D eigenvalue weighted by Crippen LogP contribution is -2.30. The zero-order chi connectivity index (χ0) is 22.2. The Balaban J connectivity index is 1.23. The molecule has 0 radical (unpaired) electrons. The van der Waals surface area contributed by atoms with E-state index in [2.05, 4.69) is 17.3 Å². The highest BCUT2D eigenvalue weighted by Gasteiger charge is 2.73. The second kappa shape index (κ2) is 6.38. The van der Waals surface area contributed by atoms with Crippen LogP contribution in [0.15, 0.2) is 52.0 Å². The zero-order valence-electron chi connectivity index (χ0n) is 17.1. The van der Waals surface area contributed by atoms with Crippen molar-refractivity contribution in [2.24, 2.45) is 34.2 Å². The number of non-ortho nitro benzene ring substituents is 1. The molecule has 4 atom stereocenters. The third-order valence-electron chi connectivity index (χ3n) is 7.42. The number of hydrazone groups is 1. The third-order valence-corrected chi connectivity index (χ3v) is 7.42. The van der Waals surface area contributed by atoms with Gasteiger partial charge >= 0.3 is 0 Å². The summed E-state index contributed by atoms with van der Waals surface area (Å²) >= 11 is 0. The maximum Gasteiger partial charge on any atom is 0.273 e. The summed E-state index contributed by atoms with van der Waals surface area (Å²) in [5.41, 5.74) is 0.598. The normalized spacial score (nSPS) is 28.8. The Bertz CT molecular complexity index is 1210. The number of ether oxygens (including phenoxy) is 1. The van der Waals surface area contributed by atoms with Crippen LogP contribution in [0.2, 0.25) is 0 Å². The Kier molecular flexibility index (Phi) is 3.78. The van der Waals surface area contributed by atoms with Gasteiger partial charge in [-0.2, -0.15) is 10.1 Å². The van der Waals surface area contributed by atoms with Crippen molar-refractivity contribution in [1.82, 2.24) is 5.01 Å². The van der Waals surface area contributed by atoms with Gasteiger partial charge in [0.1, 0.15) is 17.3 Å². The number of methoxy groups -OCH3 is 1. The molecule has 1 aliphatic heterocycles. The monoisotopic (exact) mass is 433 g/mol. The highest BCUT2D eigenvalue weighted by atomic mass is 16.6. The fraction of sp³-hybridized carbons (Fsp3) is 0.348. The van der Waals surface area contributed by atoms with E-state index in [-0.39, 0.29) is 46.6 Å². The lowest BCUT2D eigenvalue weighted by atomic mass is 9.85. The number of hydrogen-bond donors (Lipinski definition) is 0. The summed E-state index contributed by atoms with van der Waals surface area (Å²) in [6.07, 6.45) is 7.77. The van der Waals surface area contributed by atoms with Crippen LogP contribution in [-0.2, 0) is 9.59 Å². The third kappa shape index (κ3) is 2.41. The van der Waals surface area contributed by atoms with E-state index < -0.39 is 4.92 Å². The van der Waals surface area contributed by atoms with E-state index in [9.17, 15) is 19.7 Å². The smallest absolute Gasteiger partial charge is 0.273 e. The largest absolute Gasteiger partial charge is 0.496 e. The van der Waals surface area contributed by atoms with Gasteiger partial charge in [0.05, 0.1) is 41.7 Å². The molecule has 1 aromatic carbocycles. The molecule has 1 aromatic heterocycles. The van der Waals surface area contributed by atoms with Gasteiger partial charge < -0.3 is 9.15 Å². The average molecular weight is 433 g/mol. The number of allylic oxidation sites excluding steroid dienone is 2. The molecule has 2 amide bonds. The molecule has 4 aliphatic rings. The number of furan rings is 1. The second-order valence-corrected chi connectivity index (χ2v) is 8.80.